The van der Waals surface area contributed by atoms with Crippen LogP contribution < -0.4 is 24.8 Å². The molecule has 0 aliphatic heterocycles. The number of aliphatic imine (C=N–C) groups is 1. The average Bonchev–Trinajstić information content (AvgIpc) is 2.65. The number of hydrogen-bond acceptors (Lipinski definition) is 4. The first kappa shape index (κ1) is 22.8. The second kappa shape index (κ2) is 12.2. The Morgan fingerprint density at radius 3 is 2.59 bits per heavy atom. The fourth-order valence-electron chi connectivity index (χ4n) is 2.23. The third-order valence-electron chi connectivity index (χ3n) is 3.41. The number of rotatable bonds is 8. The number of nitrogens with one attached hydrogen (secondary N) is 2. The van der Waals surface area contributed by atoms with Crippen LogP contribution in [0.5, 0.6) is 17.2 Å². The summed E-state index contributed by atoms with van der Waals surface area (Å²) in [6.45, 7) is 3.36. The summed E-state index contributed by atoms with van der Waals surface area (Å²) in [5, 5.41) is 6.30. The van der Waals surface area contributed by atoms with Gasteiger partial charge in [-0.05, 0) is 31.2 Å². The summed E-state index contributed by atoms with van der Waals surface area (Å²) >= 11 is 0. The predicted molar refractivity (Wildman–Crippen MR) is 116 cm³/mol. The number of anilines is 1. The first-order chi connectivity index (χ1) is 12.7. The SMILES string of the molecule is CCOc1ccc(NC(=NC)NCCOc2cccc(F)c2)cc1OC.I. The van der Waals surface area contributed by atoms with Gasteiger partial charge in [0.25, 0.3) is 0 Å². The Hall–Kier alpha value is -2.23. The van der Waals surface area contributed by atoms with Gasteiger partial charge in [0.1, 0.15) is 18.2 Å². The highest BCUT2D eigenvalue weighted by Gasteiger charge is 2.07. The Balaban J connectivity index is 0.00000364. The molecule has 2 aromatic rings. The standard InChI is InChI=1S/C19H24FN3O3.HI/c1-4-25-17-9-8-15(13-18(17)24-3)23-19(21-2)22-10-11-26-16-7-5-6-14(20)12-16;/h5-9,12-13H,4,10-11H2,1-3H3,(H2,21,22,23);1H. The molecule has 0 heterocycles. The number of hydrogen-bond donors (Lipinski definition) is 2. The molecule has 0 aromatic heterocycles. The molecular weight excluding hydrogens is 464 g/mol. The molecule has 0 unspecified atom stereocenters. The van der Waals surface area contributed by atoms with Gasteiger partial charge < -0.3 is 24.8 Å². The Labute approximate surface area is 176 Å². The van der Waals surface area contributed by atoms with E-state index in [0.29, 0.717) is 43.0 Å². The summed E-state index contributed by atoms with van der Waals surface area (Å²) in [7, 11) is 3.27. The molecule has 0 saturated carbocycles. The molecule has 2 aromatic carbocycles. The van der Waals surface area contributed by atoms with Crippen LogP contribution in [0.1, 0.15) is 6.92 Å². The van der Waals surface area contributed by atoms with Gasteiger partial charge in [-0.1, -0.05) is 6.07 Å². The number of halogens is 2. The lowest BCUT2D eigenvalue weighted by Gasteiger charge is -2.15. The Bertz CT molecular complexity index is 744. The predicted octanol–water partition coefficient (Wildman–Crippen LogP) is 3.92. The molecule has 2 N–H and O–H groups in total. The molecule has 0 atom stereocenters. The molecule has 0 aliphatic rings. The first-order valence-electron chi connectivity index (χ1n) is 8.33. The maximum Gasteiger partial charge on any atom is 0.195 e. The topological polar surface area (TPSA) is 64.1 Å². The third-order valence-corrected chi connectivity index (χ3v) is 3.41. The molecule has 0 spiro atoms. The average molecular weight is 489 g/mol. The highest BCUT2D eigenvalue weighted by Crippen LogP contribution is 2.30. The second-order valence-corrected chi connectivity index (χ2v) is 5.23. The van der Waals surface area contributed by atoms with E-state index in [1.165, 1.54) is 12.1 Å². The van der Waals surface area contributed by atoms with Crippen molar-refractivity contribution in [1.29, 1.82) is 0 Å². The minimum absolute atomic E-state index is 0. The van der Waals surface area contributed by atoms with Gasteiger partial charge in [-0.3, -0.25) is 4.99 Å². The van der Waals surface area contributed by atoms with Gasteiger partial charge >= 0.3 is 0 Å². The summed E-state index contributed by atoms with van der Waals surface area (Å²) in [6, 6.07) is 11.6. The maximum absolute atomic E-state index is 13.1. The first-order valence-corrected chi connectivity index (χ1v) is 8.33. The van der Waals surface area contributed by atoms with E-state index in [0.717, 1.165) is 5.69 Å². The molecule has 0 amide bonds. The van der Waals surface area contributed by atoms with E-state index in [1.807, 2.05) is 25.1 Å². The zero-order chi connectivity index (χ0) is 18.8. The minimum Gasteiger partial charge on any atom is -0.493 e. The minimum atomic E-state index is -0.322. The van der Waals surface area contributed by atoms with E-state index in [9.17, 15) is 4.39 Å². The number of methoxy groups -OCH3 is 1. The molecule has 6 nitrogen and oxygen atoms in total. The molecule has 0 bridgehead atoms. The second-order valence-electron chi connectivity index (χ2n) is 5.23. The van der Waals surface area contributed by atoms with Crippen molar-refractivity contribution < 1.29 is 18.6 Å². The van der Waals surface area contributed by atoms with Crippen molar-refractivity contribution >= 4 is 35.6 Å². The quantitative estimate of drug-likeness (QED) is 0.255. The van der Waals surface area contributed by atoms with Crippen LogP contribution in [-0.2, 0) is 0 Å². The van der Waals surface area contributed by atoms with Crippen molar-refractivity contribution in [2.75, 3.05) is 39.2 Å². The maximum atomic E-state index is 13.1. The lowest BCUT2D eigenvalue weighted by Crippen LogP contribution is -2.33. The van der Waals surface area contributed by atoms with Crippen LogP contribution in [0.15, 0.2) is 47.5 Å². The Morgan fingerprint density at radius 2 is 1.93 bits per heavy atom. The molecule has 148 valence electrons. The van der Waals surface area contributed by atoms with Crippen LogP contribution in [0.2, 0.25) is 0 Å². The van der Waals surface area contributed by atoms with Gasteiger partial charge in [-0.15, -0.1) is 24.0 Å². The van der Waals surface area contributed by atoms with E-state index in [4.69, 9.17) is 14.2 Å². The zero-order valence-electron chi connectivity index (χ0n) is 15.6. The third kappa shape index (κ3) is 7.49. The smallest absolute Gasteiger partial charge is 0.195 e. The lowest BCUT2D eigenvalue weighted by molar-refractivity contribution is 0.311. The monoisotopic (exact) mass is 489 g/mol. The van der Waals surface area contributed by atoms with Gasteiger partial charge in [0.05, 0.1) is 20.3 Å². The van der Waals surface area contributed by atoms with Gasteiger partial charge in [-0.2, -0.15) is 0 Å². The van der Waals surface area contributed by atoms with Crippen LogP contribution >= 0.6 is 24.0 Å². The molecule has 2 rings (SSSR count). The van der Waals surface area contributed by atoms with Crippen molar-refractivity contribution in [2.45, 2.75) is 6.92 Å². The van der Waals surface area contributed by atoms with Crippen LogP contribution in [0.25, 0.3) is 0 Å². The van der Waals surface area contributed by atoms with Gasteiger partial charge in [0.2, 0.25) is 0 Å². The van der Waals surface area contributed by atoms with Crippen molar-refractivity contribution in [3.63, 3.8) is 0 Å². The van der Waals surface area contributed by atoms with Crippen LogP contribution in [0.3, 0.4) is 0 Å². The van der Waals surface area contributed by atoms with Crippen molar-refractivity contribution in [3.8, 4) is 17.2 Å². The van der Waals surface area contributed by atoms with Crippen molar-refractivity contribution in [1.82, 2.24) is 5.32 Å². The lowest BCUT2D eigenvalue weighted by atomic mass is 10.2. The molecule has 0 radical (unpaired) electrons. The number of guanidine groups is 1. The molecule has 0 saturated heterocycles. The van der Waals surface area contributed by atoms with Gasteiger partial charge in [-0.25, -0.2) is 4.39 Å². The molecule has 0 aliphatic carbocycles. The van der Waals surface area contributed by atoms with E-state index in [1.54, 1.807) is 26.3 Å². The summed E-state index contributed by atoms with van der Waals surface area (Å²) in [5.41, 5.74) is 0.810. The molecule has 0 fully saturated rings. The molecule has 8 heteroatoms. The zero-order valence-corrected chi connectivity index (χ0v) is 18.0. The van der Waals surface area contributed by atoms with Crippen molar-refractivity contribution in [3.05, 3.63) is 48.3 Å². The van der Waals surface area contributed by atoms with E-state index in [-0.39, 0.29) is 29.8 Å². The highest BCUT2D eigenvalue weighted by molar-refractivity contribution is 14.0. The van der Waals surface area contributed by atoms with Crippen LogP contribution in [0.4, 0.5) is 10.1 Å². The molecule has 27 heavy (non-hydrogen) atoms. The fraction of sp³-hybridized carbons (Fsp3) is 0.316. The Morgan fingerprint density at radius 1 is 1.11 bits per heavy atom. The summed E-state index contributed by atoms with van der Waals surface area (Å²) in [6.07, 6.45) is 0. The normalized spacial score (nSPS) is 10.6. The summed E-state index contributed by atoms with van der Waals surface area (Å²) in [4.78, 5) is 4.16. The van der Waals surface area contributed by atoms with E-state index < -0.39 is 0 Å². The van der Waals surface area contributed by atoms with Gasteiger partial charge in [0.15, 0.2) is 17.5 Å². The number of benzene rings is 2. The Kier molecular flexibility index (Phi) is 10.3. The largest absolute Gasteiger partial charge is 0.493 e. The van der Waals surface area contributed by atoms with E-state index >= 15 is 0 Å². The van der Waals surface area contributed by atoms with Crippen LogP contribution in [0, 0.1) is 5.82 Å². The van der Waals surface area contributed by atoms with Crippen molar-refractivity contribution in [2.24, 2.45) is 4.99 Å². The van der Waals surface area contributed by atoms with E-state index in [2.05, 4.69) is 15.6 Å². The van der Waals surface area contributed by atoms with Crippen LogP contribution in [-0.4, -0.2) is 39.9 Å². The fourth-order valence-corrected chi connectivity index (χ4v) is 2.23. The number of nitrogens with zero attached hydrogens (tertiary/aromatic N) is 1. The number of ether oxygens (including phenoxy) is 3. The summed E-state index contributed by atoms with van der Waals surface area (Å²) < 4.78 is 29.4. The highest BCUT2D eigenvalue weighted by atomic mass is 127. The molecular formula is C19H25FIN3O3. The summed E-state index contributed by atoms with van der Waals surface area (Å²) in [5.74, 6) is 2.08. The van der Waals surface area contributed by atoms with Gasteiger partial charge in [0, 0.05) is 24.9 Å².